The minimum Gasteiger partial charge on any atom is -0.370 e. The van der Waals surface area contributed by atoms with Crippen LogP contribution in [0.2, 0.25) is 5.02 Å². The fraction of sp³-hybridized carbons (Fsp3) is 0.385. The van der Waals surface area contributed by atoms with Gasteiger partial charge in [0.05, 0.1) is 21.4 Å². The topological polar surface area (TPSA) is 42.7 Å². The Morgan fingerprint density at radius 1 is 1.30 bits per heavy atom. The maximum absolute atomic E-state index is 14.2. The Labute approximate surface area is 129 Å². The molecule has 0 saturated carbocycles. The lowest BCUT2D eigenvalue weighted by Gasteiger charge is -2.35. The molecule has 0 aliphatic carbocycles. The van der Waals surface area contributed by atoms with Gasteiger partial charge in [0.2, 0.25) is 0 Å². The Morgan fingerprint density at radius 2 is 1.95 bits per heavy atom. The Kier molecular flexibility index (Phi) is 2.89. The number of benzene rings is 1. The molecule has 0 fully saturated rings. The zero-order chi connectivity index (χ0) is 14.8. The van der Waals surface area contributed by atoms with E-state index < -0.39 is 11.4 Å². The maximum Gasteiger partial charge on any atom is 0.162 e. The molecule has 1 N–H and O–H groups in total. The number of nitrogens with one attached hydrogen (secondary N) is 1. The molecule has 0 spiro atoms. The van der Waals surface area contributed by atoms with Crippen LogP contribution in [0, 0.1) is 19.7 Å². The Hall–Kier alpha value is -1.14. The molecule has 2 heterocycles. The average molecular weight is 360 g/mol. The van der Waals surface area contributed by atoms with Gasteiger partial charge in [0, 0.05) is 0 Å². The predicted molar refractivity (Wildman–Crippen MR) is 80.1 cm³/mol. The Balaban J connectivity index is 2.48. The summed E-state index contributed by atoms with van der Waals surface area (Å²) in [6.07, 6.45) is 0. The summed E-state index contributed by atoms with van der Waals surface area (Å²) in [5, 5.41) is 11.7. The quantitative estimate of drug-likeness (QED) is 0.720. The number of fused-ring (bicyclic) bond motifs is 3. The van der Waals surface area contributed by atoms with E-state index in [1.807, 2.05) is 32.3 Å². The lowest BCUT2D eigenvalue weighted by molar-refractivity contribution is 0.531. The molecular weight excluding hydrogens is 347 g/mol. The highest BCUT2D eigenvalue weighted by atomic mass is 79.9. The molecule has 4 nitrogen and oxygen atoms in total. The van der Waals surface area contributed by atoms with Crippen molar-refractivity contribution in [1.82, 2.24) is 14.8 Å². The van der Waals surface area contributed by atoms with Crippen LogP contribution in [0.1, 0.15) is 31.1 Å². The fourth-order valence-electron chi connectivity index (χ4n) is 2.56. The molecule has 0 saturated heterocycles. The summed E-state index contributed by atoms with van der Waals surface area (Å²) in [7, 11) is 0. The second-order valence-corrected chi connectivity index (χ2v) is 6.62. The summed E-state index contributed by atoms with van der Waals surface area (Å²) >= 11 is 9.44. The van der Waals surface area contributed by atoms with Gasteiger partial charge in [0.1, 0.15) is 10.8 Å². The van der Waals surface area contributed by atoms with Gasteiger partial charge in [-0.25, -0.2) is 4.39 Å². The van der Waals surface area contributed by atoms with Gasteiger partial charge < -0.3 is 5.32 Å². The highest BCUT2D eigenvalue weighted by molar-refractivity contribution is 9.10. The van der Waals surface area contributed by atoms with Gasteiger partial charge in [-0.3, -0.25) is 4.57 Å². The highest BCUT2D eigenvalue weighted by Crippen LogP contribution is 2.45. The van der Waals surface area contributed by atoms with E-state index >= 15 is 0 Å². The Bertz CT molecular complexity index is 739. The number of nitrogens with zero attached hydrogens (tertiary/aromatic N) is 3. The molecule has 1 aromatic heterocycles. The third kappa shape index (κ3) is 1.64. The van der Waals surface area contributed by atoms with Crippen LogP contribution in [0.15, 0.2) is 4.47 Å². The minimum absolute atomic E-state index is 0.0734. The molecule has 0 bridgehead atoms. The normalized spacial score (nSPS) is 15.6. The average Bonchev–Trinajstić information content (AvgIpc) is 2.77. The van der Waals surface area contributed by atoms with Gasteiger partial charge in [-0.1, -0.05) is 11.6 Å². The third-order valence-electron chi connectivity index (χ3n) is 3.57. The first kappa shape index (κ1) is 13.8. The van der Waals surface area contributed by atoms with Crippen molar-refractivity contribution < 1.29 is 4.39 Å². The maximum atomic E-state index is 14.2. The molecule has 0 radical (unpaired) electrons. The van der Waals surface area contributed by atoms with Gasteiger partial charge >= 0.3 is 0 Å². The number of hydrogen-bond donors (Lipinski definition) is 1. The SMILES string of the molecule is Cc1c(Br)c(F)c(Cl)c2c1-n1c(C)nnc1C(C)(C)N2. The van der Waals surface area contributed by atoms with Crippen LogP contribution in [0.5, 0.6) is 0 Å². The van der Waals surface area contributed by atoms with Gasteiger partial charge in [-0.15, -0.1) is 10.2 Å². The number of anilines is 1. The van der Waals surface area contributed by atoms with Crippen LogP contribution in [0.3, 0.4) is 0 Å². The first-order valence-corrected chi connectivity index (χ1v) is 7.31. The van der Waals surface area contributed by atoms with Crippen molar-refractivity contribution in [3.63, 3.8) is 0 Å². The number of hydrogen-bond acceptors (Lipinski definition) is 3. The second kappa shape index (κ2) is 4.18. The van der Waals surface area contributed by atoms with E-state index in [1.54, 1.807) is 0 Å². The zero-order valence-electron chi connectivity index (χ0n) is 11.5. The van der Waals surface area contributed by atoms with Crippen molar-refractivity contribution in [2.24, 2.45) is 0 Å². The minimum atomic E-state index is -0.482. The van der Waals surface area contributed by atoms with Gasteiger partial charge in [-0.2, -0.15) is 0 Å². The van der Waals surface area contributed by atoms with Crippen LogP contribution in [-0.4, -0.2) is 14.8 Å². The van der Waals surface area contributed by atoms with Crippen molar-refractivity contribution in [3.05, 3.63) is 32.5 Å². The third-order valence-corrected chi connectivity index (χ3v) is 4.87. The summed E-state index contributed by atoms with van der Waals surface area (Å²) < 4.78 is 16.5. The molecule has 3 rings (SSSR count). The largest absolute Gasteiger partial charge is 0.370 e. The molecule has 7 heteroatoms. The molecule has 0 unspecified atom stereocenters. The smallest absolute Gasteiger partial charge is 0.162 e. The number of aromatic nitrogens is 3. The van der Waals surface area contributed by atoms with Crippen LogP contribution >= 0.6 is 27.5 Å². The van der Waals surface area contributed by atoms with Crippen molar-refractivity contribution in [2.45, 2.75) is 33.2 Å². The summed E-state index contributed by atoms with van der Waals surface area (Å²) in [5.41, 5.74) is 1.64. The summed E-state index contributed by atoms with van der Waals surface area (Å²) in [5.74, 6) is 1.06. The van der Waals surface area contributed by atoms with Crippen LogP contribution in [-0.2, 0) is 5.54 Å². The van der Waals surface area contributed by atoms with Crippen molar-refractivity contribution >= 4 is 33.2 Å². The van der Waals surface area contributed by atoms with Crippen molar-refractivity contribution in [1.29, 1.82) is 0 Å². The van der Waals surface area contributed by atoms with Gasteiger partial charge in [0.25, 0.3) is 0 Å². The van der Waals surface area contributed by atoms with Gasteiger partial charge in [0.15, 0.2) is 11.6 Å². The van der Waals surface area contributed by atoms with E-state index in [0.29, 0.717) is 10.2 Å². The number of rotatable bonds is 0. The van der Waals surface area contributed by atoms with Crippen LogP contribution < -0.4 is 5.32 Å². The molecule has 1 aliphatic rings. The molecule has 20 heavy (non-hydrogen) atoms. The molecule has 1 aromatic carbocycles. The Morgan fingerprint density at radius 3 is 2.60 bits per heavy atom. The molecular formula is C13H13BrClFN4. The lowest BCUT2D eigenvalue weighted by atomic mass is 9.98. The summed E-state index contributed by atoms with van der Waals surface area (Å²) in [6.45, 7) is 7.63. The van der Waals surface area contributed by atoms with E-state index in [1.165, 1.54) is 0 Å². The van der Waals surface area contributed by atoms with Gasteiger partial charge in [-0.05, 0) is 49.2 Å². The summed E-state index contributed by atoms with van der Waals surface area (Å²) in [4.78, 5) is 0. The highest BCUT2D eigenvalue weighted by Gasteiger charge is 2.37. The first-order valence-electron chi connectivity index (χ1n) is 6.13. The second-order valence-electron chi connectivity index (χ2n) is 5.45. The predicted octanol–water partition coefficient (Wildman–Crippen LogP) is 4.10. The van der Waals surface area contributed by atoms with E-state index in [9.17, 15) is 4.39 Å². The summed E-state index contributed by atoms with van der Waals surface area (Å²) in [6, 6.07) is 0. The first-order chi connectivity index (χ1) is 9.25. The molecule has 0 amide bonds. The van der Waals surface area contributed by atoms with Crippen molar-refractivity contribution in [3.8, 4) is 5.69 Å². The van der Waals surface area contributed by atoms with Crippen molar-refractivity contribution in [2.75, 3.05) is 5.32 Å². The number of aryl methyl sites for hydroxylation is 1. The van der Waals surface area contributed by atoms with E-state index in [-0.39, 0.29) is 5.02 Å². The standard InChI is InChI=1S/C13H13BrClFN4/c1-5-7(14)9(16)8(15)10-11(5)20-6(2)18-19-12(20)13(3,4)17-10/h17H,1-4H3. The van der Waals surface area contributed by atoms with Crippen LogP contribution in [0.25, 0.3) is 5.69 Å². The molecule has 0 atom stereocenters. The lowest BCUT2D eigenvalue weighted by Crippen LogP contribution is -2.36. The monoisotopic (exact) mass is 358 g/mol. The van der Waals surface area contributed by atoms with E-state index in [2.05, 4.69) is 31.4 Å². The van der Waals surface area contributed by atoms with E-state index in [4.69, 9.17) is 11.6 Å². The fourth-order valence-corrected chi connectivity index (χ4v) is 3.29. The molecule has 1 aliphatic heterocycles. The molecule has 106 valence electrons. The van der Waals surface area contributed by atoms with Crippen LogP contribution in [0.4, 0.5) is 10.1 Å². The zero-order valence-corrected chi connectivity index (χ0v) is 13.8. The molecule has 2 aromatic rings. The van der Waals surface area contributed by atoms with E-state index in [0.717, 1.165) is 22.9 Å². The number of halogens is 3.